The van der Waals surface area contributed by atoms with Crippen molar-refractivity contribution in [2.45, 2.75) is 13.5 Å². The van der Waals surface area contributed by atoms with Crippen LogP contribution in [0.25, 0.3) is 22.0 Å². The van der Waals surface area contributed by atoms with Gasteiger partial charge in [-0.2, -0.15) is 0 Å². The molecular formula is C26H25N3O5. The van der Waals surface area contributed by atoms with Gasteiger partial charge in [0, 0.05) is 47.0 Å². The number of hydrogen-bond donors (Lipinski definition) is 2. The second-order valence-electron chi connectivity index (χ2n) is 7.53. The zero-order valence-electron chi connectivity index (χ0n) is 19.2. The first-order chi connectivity index (χ1) is 16.5. The Balaban J connectivity index is 1.52. The van der Waals surface area contributed by atoms with Crippen LogP contribution in [0.4, 0.5) is 0 Å². The zero-order valence-corrected chi connectivity index (χ0v) is 19.2. The zero-order chi connectivity index (χ0) is 24.1. The molecule has 4 aromatic rings. The van der Waals surface area contributed by atoms with Gasteiger partial charge >= 0.3 is 5.97 Å². The van der Waals surface area contributed by atoms with Crippen LogP contribution in [-0.4, -0.2) is 42.7 Å². The Morgan fingerprint density at radius 3 is 2.59 bits per heavy atom. The Labute approximate surface area is 196 Å². The minimum Gasteiger partial charge on any atom is -0.497 e. The number of aromatic amines is 1. The van der Waals surface area contributed by atoms with Crippen molar-refractivity contribution in [3.63, 3.8) is 0 Å². The predicted molar refractivity (Wildman–Crippen MR) is 128 cm³/mol. The van der Waals surface area contributed by atoms with E-state index in [9.17, 15) is 9.59 Å². The van der Waals surface area contributed by atoms with Crippen molar-refractivity contribution < 1.29 is 23.8 Å². The van der Waals surface area contributed by atoms with Crippen molar-refractivity contribution in [3.05, 3.63) is 77.7 Å². The average Bonchev–Trinajstić information content (AvgIpc) is 3.31. The maximum atomic E-state index is 12.8. The molecule has 2 N–H and O–H groups in total. The molecule has 8 nitrogen and oxygen atoms in total. The molecule has 4 rings (SSSR count). The molecule has 0 saturated carbocycles. The molecule has 2 aromatic carbocycles. The van der Waals surface area contributed by atoms with Gasteiger partial charge < -0.3 is 24.5 Å². The number of pyridine rings is 1. The standard InChI is InChI=1S/C26H25N3O5/c1-4-34-26(31)23-11-18-9-16(6-8-22(18)29-23)19-10-20(14-27-13-19)25(30)28-15-17-5-7-21(32-2)12-24(17)33-3/h5-14,29H,4,15H2,1-3H3,(H,28,30). The Bertz CT molecular complexity index is 1350. The van der Waals surface area contributed by atoms with Crippen LogP contribution in [0.1, 0.15) is 33.3 Å². The molecule has 2 aromatic heterocycles. The van der Waals surface area contributed by atoms with Crippen molar-refractivity contribution >= 4 is 22.8 Å². The molecule has 0 bridgehead atoms. The molecule has 34 heavy (non-hydrogen) atoms. The topological polar surface area (TPSA) is 103 Å². The summed E-state index contributed by atoms with van der Waals surface area (Å²) in [6.45, 7) is 2.37. The molecule has 0 fully saturated rings. The van der Waals surface area contributed by atoms with Crippen LogP contribution in [0.3, 0.4) is 0 Å². The molecule has 0 unspecified atom stereocenters. The first-order valence-electron chi connectivity index (χ1n) is 10.8. The summed E-state index contributed by atoms with van der Waals surface area (Å²) in [4.78, 5) is 32.1. The van der Waals surface area contributed by atoms with E-state index in [4.69, 9.17) is 14.2 Å². The molecule has 0 aliphatic rings. The van der Waals surface area contributed by atoms with E-state index in [1.165, 1.54) is 6.20 Å². The van der Waals surface area contributed by atoms with E-state index in [2.05, 4.69) is 15.3 Å². The molecule has 0 radical (unpaired) electrons. The third-order valence-corrected chi connectivity index (χ3v) is 5.38. The van der Waals surface area contributed by atoms with Crippen LogP contribution in [0.5, 0.6) is 11.5 Å². The Morgan fingerprint density at radius 1 is 0.971 bits per heavy atom. The first kappa shape index (κ1) is 22.8. The molecule has 0 spiro atoms. The smallest absolute Gasteiger partial charge is 0.354 e. The van der Waals surface area contributed by atoms with Gasteiger partial charge in [-0.1, -0.05) is 6.07 Å². The number of fused-ring (bicyclic) bond motifs is 1. The lowest BCUT2D eigenvalue weighted by Gasteiger charge is -2.11. The highest BCUT2D eigenvalue weighted by atomic mass is 16.5. The Hall–Kier alpha value is -4.33. The van der Waals surface area contributed by atoms with E-state index in [1.807, 2.05) is 30.3 Å². The van der Waals surface area contributed by atoms with Crippen LogP contribution in [0.15, 0.2) is 60.9 Å². The quantitative estimate of drug-likeness (QED) is 0.380. The number of nitrogens with one attached hydrogen (secondary N) is 2. The van der Waals surface area contributed by atoms with E-state index < -0.39 is 5.97 Å². The number of rotatable bonds is 8. The van der Waals surface area contributed by atoms with Gasteiger partial charge in [-0.25, -0.2) is 4.79 Å². The normalized spacial score (nSPS) is 10.7. The summed E-state index contributed by atoms with van der Waals surface area (Å²) in [6, 6.07) is 14.7. The van der Waals surface area contributed by atoms with Gasteiger partial charge in [-0.05, 0) is 48.9 Å². The highest BCUT2D eigenvalue weighted by molar-refractivity contribution is 5.97. The monoisotopic (exact) mass is 459 g/mol. The summed E-state index contributed by atoms with van der Waals surface area (Å²) < 4.78 is 15.7. The van der Waals surface area contributed by atoms with E-state index >= 15 is 0 Å². The van der Waals surface area contributed by atoms with Gasteiger partial charge in [0.05, 0.1) is 26.4 Å². The number of amides is 1. The lowest BCUT2D eigenvalue weighted by atomic mass is 10.0. The molecular weight excluding hydrogens is 434 g/mol. The summed E-state index contributed by atoms with van der Waals surface area (Å²) >= 11 is 0. The van der Waals surface area contributed by atoms with Crippen molar-refractivity contribution in [1.29, 1.82) is 0 Å². The van der Waals surface area contributed by atoms with E-state index in [1.54, 1.807) is 45.5 Å². The summed E-state index contributed by atoms with van der Waals surface area (Å²) in [6.07, 6.45) is 3.22. The fraction of sp³-hybridized carbons (Fsp3) is 0.192. The number of nitrogens with zero attached hydrogens (tertiary/aromatic N) is 1. The Morgan fingerprint density at radius 2 is 1.82 bits per heavy atom. The maximum Gasteiger partial charge on any atom is 0.354 e. The molecule has 2 heterocycles. The van der Waals surface area contributed by atoms with Gasteiger partial charge in [-0.15, -0.1) is 0 Å². The Kier molecular flexibility index (Phi) is 6.77. The molecule has 0 saturated heterocycles. The molecule has 1 amide bonds. The van der Waals surface area contributed by atoms with Crippen LogP contribution >= 0.6 is 0 Å². The lowest BCUT2D eigenvalue weighted by Crippen LogP contribution is -2.23. The summed E-state index contributed by atoms with van der Waals surface area (Å²) in [5.74, 6) is 0.666. The maximum absolute atomic E-state index is 12.8. The van der Waals surface area contributed by atoms with Gasteiger partial charge in [0.1, 0.15) is 17.2 Å². The lowest BCUT2D eigenvalue weighted by molar-refractivity contribution is 0.0520. The number of methoxy groups -OCH3 is 2. The number of carbonyl (C=O) groups excluding carboxylic acids is 2. The van der Waals surface area contributed by atoms with Crippen molar-refractivity contribution in [1.82, 2.24) is 15.3 Å². The van der Waals surface area contributed by atoms with Crippen LogP contribution in [0.2, 0.25) is 0 Å². The summed E-state index contributed by atoms with van der Waals surface area (Å²) in [5, 5.41) is 3.77. The third kappa shape index (κ3) is 4.85. The van der Waals surface area contributed by atoms with Crippen LogP contribution in [0, 0.1) is 0 Å². The number of benzene rings is 2. The molecule has 0 aliphatic carbocycles. The molecule has 8 heteroatoms. The largest absolute Gasteiger partial charge is 0.497 e. The molecule has 0 atom stereocenters. The number of ether oxygens (including phenoxy) is 3. The number of esters is 1. The third-order valence-electron chi connectivity index (χ3n) is 5.38. The van der Waals surface area contributed by atoms with Crippen molar-refractivity contribution in [2.24, 2.45) is 0 Å². The van der Waals surface area contributed by atoms with E-state index in [0.29, 0.717) is 35.9 Å². The number of hydrogen-bond acceptors (Lipinski definition) is 6. The van der Waals surface area contributed by atoms with Crippen molar-refractivity contribution in [3.8, 4) is 22.6 Å². The van der Waals surface area contributed by atoms with Crippen molar-refractivity contribution in [2.75, 3.05) is 20.8 Å². The second-order valence-corrected chi connectivity index (χ2v) is 7.53. The highest BCUT2D eigenvalue weighted by Crippen LogP contribution is 2.26. The van der Waals surface area contributed by atoms with Gasteiger partial charge in [0.2, 0.25) is 0 Å². The number of H-pyrrole nitrogens is 1. The van der Waals surface area contributed by atoms with Gasteiger partial charge in [0.15, 0.2) is 0 Å². The predicted octanol–water partition coefficient (Wildman–Crippen LogP) is 4.35. The average molecular weight is 460 g/mol. The van der Waals surface area contributed by atoms with Gasteiger partial charge in [0.25, 0.3) is 5.91 Å². The minimum atomic E-state index is -0.394. The number of carbonyl (C=O) groups is 2. The highest BCUT2D eigenvalue weighted by Gasteiger charge is 2.13. The summed E-state index contributed by atoms with van der Waals surface area (Å²) in [7, 11) is 3.16. The fourth-order valence-corrected chi connectivity index (χ4v) is 3.63. The first-order valence-corrected chi connectivity index (χ1v) is 10.8. The fourth-order valence-electron chi connectivity index (χ4n) is 3.63. The SMILES string of the molecule is CCOC(=O)c1cc2cc(-c3cncc(C(=O)NCc4ccc(OC)cc4OC)c3)ccc2[nH]1. The summed E-state index contributed by atoms with van der Waals surface area (Å²) in [5.41, 5.74) is 4.15. The molecule has 0 aliphatic heterocycles. The van der Waals surface area contributed by atoms with E-state index in [-0.39, 0.29) is 5.91 Å². The van der Waals surface area contributed by atoms with E-state index in [0.717, 1.165) is 27.6 Å². The van der Waals surface area contributed by atoms with Crippen LogP contribution < -0.4 is 14.8 Å². The minimum absolute atomic E-state index is 0.250. The number of aromatic nitrogens is 2. The van der Waals surface area contributed by atoms with Crippen LogP contribution in [-0.2, 0) is 11.3 Å². The van der Waals surface area contributed by atoms with Gasteiger partial charge in [-0.3, -0.25) is 9.78 Å². The molecule has 174 valence electrons. The second kappa shape index (κ2) is 10.1.